The zero-order chi connectivity index (χ0) is 8.55. The van der Waals surface area contributed by atoms with Crippen LogP contribution in [-0.2, 0) is 0 Å². The Morgan fingerprint density at radius 1 is 1.42 bits per heavy atom. The van der Waals surface area contributed by atoms with Gasteiger partial charge in [0, 0.05) is 19.6 Å². The largest absolute Gasteiger partial charge is 0.390 e. The zero-order valence-electron chi connectivity index (χ0n) is 7.87. The maximum atomic E-state index is 9.10. The van der Waals surface area contributed by atoms with Gasteiger partial charge in [-0.25, -0.2) is 0 Å². The fourth-order valence-corrected chi connectivity index (χ4v) is 2.26. The van der Waals surface area contributed by atoms with Crippen LogP contribution < -0.4 is 0 Å². The first-order valence-corrected chi connectivity index (χ1v) is 5.16. The normalized spacial score (nSPS) is 29.5. The Kier molecular flexibility index (Phi) is 2.37. The third-order valence-corrected chi connectivity index (χ3v) is 3.44. The van der Waals surface area contributed by atoms with Gasteiger partial charge in [0.2, 0.25) is 0 Å². The molecule has 1 heterocycles. The van der Waals surface area contributed by atoms with Gasteiger partial charge in [-0.2, -0.15) is 0 Å². The summed E-state index contributed by atoms with van der Waals surface area (Å²) < 4.78 is 0. The Morgan fingerprint density at radius 2 is 2.08 bits per heavy atom. The molecule has 0 radical (unpaired) electrons. The first-order valence-electron chi connectivity index (χ1n) is 5.16. The number of hydrogen-bond acceptors (Lipinski definition) is 2. The van der Waals surface area contributed by atoms with Crippen molar-refractivity contribution < 1.29 is 5.11 Å². The van der Waals surface area contributed by atoms with E-state index >= 15 is 0 Å². The minimum Gasteiger partial charge on any atom is -0.390 e. The predicted octanol–water partition coefficient (Wildman–Crippen LogP) is 1.10. The van der Waals surface area contributed by atoms with E-state index in [4.69, 9.17) is 5.11 Å². The minimum absolute atomic E-state index is 0.0291. The Bertz CT molecular complexity index is 150. The summed E-state index contributed by atoms with van der Waals surface area (Å²) in [5, 5.41) is 9.10. The van der Waals surface area contributed by atoms with Gasteiger partial charge in [0.15, 0.2) is 0 Å². The summed E-state index contributed by atoms with van der Waals surface area (Å²) in [6.07, 6.45) is 4.30. The zero-order valence-corrected chi connectivity index (χ0v) is 7.87. The molecule has 1 saturated carbocycles. The van der Waals surface area contributed by atoms with Gasteiger partial charge in [0.05, 0.1) is 6.10 Å². The van der Waals surface area contributed by atoms with Crippen molar-refractivity contribution in [3.05, 3.63) is 0 Å². The molecule has 0 spiro atoms. The monoisotopic (exact) mass is 169 g/mol. The molecule has 0 aromatic carbocycles. The van der Waals surface area contributed by atoms with Gasteiger partial charge in [0.1, 0.15) is 0 Å². The van der Waals surface area contributed by atoms with Crippen LogP contribution in [0.2, 0.25) is 0 Å². The standard InChI is InChI=1S/C10H19NO/c1-8(9-3-2-4-9)5-11-6-10(12)7-11/h8-10,12H,2-7H2,1H3. The molecule has 0 amide bonds. The molecule has 0 bridgehead atoms. The van der Waals surface area contributed by atoms with E-state index in [1.165, 1.54) is 25.8 Å². The average molecular weight is 169 g/mol. The highest BCUT2D eigenvalue weighted by Crippen LogP contribution is 2.34. The molecule has 0 aromatic rings. The lowest BCUT2D eigenvalue weighted by atomic mass is 9.76. The molecule has 1 aliphatic carbocycles. The molecular weight excluding hydrogens is 150 g/mol. The van der Waals surface area contributed by atoms with Gasteiger partial charge in [-0.3, -0.25) is 4.90 Å². The fraction of sp³-hybridized carbons (Fsp3) is 1.00. The quantitative estimate of drug-likeness (QED) is 0.684. The molecule has 70 valence electrons. The van der Waals surface area contributed by atoms with Crippen LogP contribution in [0, 0.1) is 11.8 Å². The van der Waals surface area contributed by atoms with Crippen molar-refractivity contribution in [1.29, 1.82) is 0 Å². The maximum absolute atomic E-state index is 9.10. The van der Waals surface area contributed by atoms with Crippen molar-refractivity contribution in [2.45, 2.75) is 32.3 Å². The van der Waals surface area contributed by atoms with Crippen molar-refractivity contribution >= 4 is 0 Å². The highest BCUT2D eigenvalue weighted by molar-refractivity contribution is 4.83. The van der Waals surface area contributed by atoms with E-state index in [9.17, 15) is 0 Å². The summed E-state index contributed by atoms with van der Waals surface area (Å²) >= 11 is 0. The first-order chi connectivity index (χ1) is 5.75. The number of aliphatic hydroxyl groups is 1. The van der Waals surface area contributed by atoms with Crippen LogP contribution >= 0.6 is 0 Å². The molecule has 12 heavy (non-hydrogen) atoms. The molecular formula is C10H19NO. The lowest BCUT2D eigenvalue weighted by Gasteiger charge is -2.41. The predicted molar refractivity (Wildman–Crippen MR) is 49.0 cm³/mol. The smallest absolute Gasteiger partial charge is 0.0793 e. The molecule has 2 fully saturated rings. The molecule has 1 aliphatic heterocycles. The van der Waals surface area contributed by atoms with E-state index in [0.29, 0.717) is 0 Å². The van der Waals surface area contributed by atoms with Crippen molar-refractivity contribution in [2.24, 2.45) is 11.8 Å². The lowest BCUT2D eigenvalue weighted by molar-refractivity contribution is -0.0140. The average Bonchev–Trinajstić information content (AvgIpc) is 1.79. The molecule has 1 N–H and O–H groups in total. The lowest BCUT2D eigenvalue weighted by Crippen LogP contribution is -2.52. The van der Waals surface area contributed by atoms with Crippen molar-refractivity contribution in [1.82, 2.24) is 4.90 Å². The molecule has 1 saturated heterocycles. The fourth-order valence-electron chi connectivity index (χ4n) is 2.26. The number of aliphatic hydroxyl groups excluding tert-OH is 1. The summed E-state index contributed by atoms with van der Waals surface area (Å²) in [7, 11) is 0. The van der Waals surface area contributed by atoms with Crippen LogP contribution in [0.25, 0.3) is 0 Å². The highest BCUT2D eigenvalue weighted by atomic mass is 16.3. The molecule has 2 nitrogen and oxygen atoms in total. The second-order valence-corrected chi connectivity index (χ2v) is 4.54. The second kappa shape index (κ2) is 3.35. The summed E-state index contributed by atoms with van der Waals surface area (Å²) in [6.45, 7) is 5.39. The van der Waals surface area contributed by atoms with Gasteiger partial charge in [-0.15, -0.1) is 0 Å². The van der Waals surface area contributed by atoms with E-state index in [0.717, 1.165) is 24.9 Å². The van der Waals surface area contributed by atoms with Gasteiger partial charge in [0.25, 0.3) is 0 Å². The van der Waals surface area contributed by atoms with Gasteiger partial charge in [-0.05, 0) is 11.8 Å². The van der Waals surface area contributed by atoms with Gasteiger partial charge < -0.3 is 5.11 Å². The number of nitrogens with zero attached hydrogens (tertiary/aromatic N) is 1. The van der Waals surface area contributed by atoms with Crippen LogP contribution in [-0.4, -0.2) is 35.7 Å². The van der Waals surface area contributed by atoms with E-state index in [-0.39, 0.29) is 6.10 Å². The van der Waals surface area contributed by atoms with Crippen LogP contribution in [0.4, 0.5) is 0 Å². The first kappa shape index (κ1) is 8.52. The molecule has 1 atom stereocenters. The van der Waals surface area contributed by atoms with Crippen molar-refractivity contribution in [2.75, 3.05) is 19.6 Å². The van der Waals surface area contributed by atoms with Crippen molar-refractivity contribution in [3.8, 4) is 0 Å². The summed E-state index contributed by atoms with van der Waals surface area (Å²) in [5.41, 5.74) is 0. The molecule has 2 aliphatic rings. The summed E-state index contributed by atoms with van der Waals surface area (Å²) in [6, 6.07) is 0. The third kappa shape index (κ3) is 1.64. The Morgan fingerprint density at radius 3 is 2.50 bits per heavy atom. The third-order valence-electron chi connectivity index (χ3n) is 3.44. The SMILES string of the molecule is CC(CN1CC(O)C1)C1CCC1. The molecule has 2 rings (SSSR count). The van der Waals surface area contributed by atoms with E-state index < -0.39 is 0 Å². The Hall–Kier alpha value is -0.0800. The van der Waals surface area contributed by atoms with Crippen LogP contribution in [0.15, 0.2) is 0 Å². The maximum Gasteiger partial charge on any atom is 0.0793 e. The minimum atomic E-state index is -0.0291. The number of hydrogen-bond donors (Lipinski definition) is 1. The van der Waals surface area contributed by atoms with E-state index in [1.807, 2.05) is 0 Å². The van der Waals surface area contributed by atoms with Gasteiger partial charge >= 0.3 is 0 Å². The molecule has 2 heteroatoms. The van der Waals surface area contributed by atoms with Gasteiger partial charge in [-0.1, -0.05) is 26.2 Å². The Labute approximate surface area is 74.6 Å². The van der Waals surface area contributed by atoms with Crippen LogP contribution in [0.5, 0.6) is 0 Å². The molecule has 0 aromatic heterocycles. The van der Waals surface area contributed by atoms with E-state index in [2.05, 4.69) is 11.8 Å². The van der Waals surface area contributed by atoms with E-state index in [1.54, 1.807) is 0 Å². The van der Waals surface area contributed by atoms with Crippen molar-refractivity contribution in [3.63, 3.8) is 0 Å². The van der Waals surface area contributed by atoms with Crippen LogP contribution in [0.3, 0.4) is 0 Å². The highest BCUT2D eigenvalue weighted by Gasteiger charge is 2.30. The number of β-amino-alcohol motifs (C(OH)–C–C–N with tert-alkyl or cyclic N) is 1. The second-order valence-electron chi connectivity index (χ2n) is 4.54. The number of likely N-dealkylation sites (tertiary alicyclic amines) is 1. The van der Waals surface area contributed by atoms with Crippen LogP contribution in [0.1, 0.15) is 26.2 Å². The topological polar surface area (TPSA) is 23.5 Å². The summed E-state index contributed by atoms with van der Waals surface area (Å²) in [4.78, 5) is 2.37. The Balaban J connectivity index is 1.65. The number of rotatable bonds is 3. The molecule has 1 unspecified atom stereocenters. The summed E-state index contributed by atoms with van der Waals surface area (Å²) in [5.74, 6) is 1.84.